The van der Waals surface area contributed by atoms with Gasteiger partial charge in [0.1, 0.15) is 11.8 Å². The van der Waals surface area contributed by atoms with E-state index in [2.05, 4.69) is 10.3 Å². The van der Waals surface area contributed by atoms with E-state index in [9.17, 15) is 4.79 Å². The predicted molar refractivity (Wildman–Crippen MR) is 45.5 cm³/mol. The normalized spacial score (nSPS) is 12.2. The summed E-state index contributed by atoms with van der Waals surface area (Å²) in [5.41, 5.74) is 1.95. The fraction of sp³-hybridized carbons (Fsp3) is 0.429. The first-order valence-electron chi connectivity index (χ1n) is 3.83. The van der Waals surface area contributed by atoms with E-state index in [1.165, 1.54) is 0 Å². The van der Waals surface area contributed by atoms with Gasteiger partial charge < -0.3 is 9.73 Å². The SMILES string of the molecule is Cc1cnc(C(C)NC(=O)NN)o1. The lowest BCUT2D eigenvalue weighted by Crippen LogP contribution is -2.41. The quantitative estimate of drug-likeness (QED) is 0.348. The summed E-state index contributed by atoms with van der Waals surface area (Å²) < 4.78 is 5.20. The number of aryl methyl sites for hydroxylation is 1. The second-order valence-corrected chi connectivity index (χ2v) is 2.65. The van der Waals surface area contributed by atoms with Crippen LogP contribution in [0, 0.1) is 6.92 Å². The van der Waals surface area contributed by atoms with Crippen LogP contribution in [0.5, 0.6) is 0 Å². The molecular weight excluding hydrogens is 172 g/mol. The maximum absolute atomic E-state index is 10.8. The number of oxazole rings is 1. The summed E-state index contributed by atoms with van der Waals surface area (Å²) in [5, 5.41) is 2.53. The maximum Gasteiger partial charge on any atom is 0.329 e. The minimum Gasteiger partial charge on any atom is -0.444 e. The van der Waals surface area contributed by atoms with Gasteiger partial charge in [-0.25, -0.2) is 15.6 Å². The molecule has 1 aromatic heterocycles. The first-order chi connectivity index (χ1) is 6.13. The first-order valence-corrected chi connectivity index (χ1v) is 3.83. The van der Waals surface area contributed by atoms with E-state index >= 15 is 0 Å². The molecule has 6 nitrogen and oxygen atoms in total. The van der Waals surface area contributed by atoms with Crippen molar-refractivity contribution in [1.29, 1.82) is 0 Å². The van der Waals surface area contributed by atoms with Crippen molar-refractivity contribution in [2.45, 2.75) is 19.9 Å². The van der Waals surface area contributed by atoms with Gasteiger partial charge in [0.15, 0.2) is 0 Å². The molecule has 4 N–H and O–H groups in total. The van der Waals surface area contributed by atoms with Gasteiger partial charge in [0, 0.05) is 0 Å². The monoisotopic (exact) mass is 184 g/mol. The first kappa shape index (κ1) is 9.53. The lowest BCUT2D eigenvalue weighted by atomic mass is 10.3. The van der Waals surface area contributed by atoms with Crippen molar-refractivity contribution < 1.29 is 9.21 Å². The highest BCUT2D eigenvalue weighted by Gasteiger charge is 2.12. The third-order valence-corrected chi connectivity index (χ3v) is 1.49. The summed E-state index contributed by atoms with van der Waals surface area (Å²) in [6, 6.07) is -0.763. The number of aromatic nitrogens is 1. The van der Waals surface area contributed by atoms with Gasteiger partial charge in [-0.3, -0.25) is 5.43 Å². The molecule has 0 spiro atoms. The average molecular weight is 184 g/mol. The molecule has 0 aliphatic heterocycles. The number of nitrogens with one attached hydrogen (secondary N) is 2. The zero-order chi connectivity index (χ0) is 9.84. The highest BCUT2D eigenvalue weighted by molar-refractivity contribution is 5.73. The Labute approximate surface area is 75.5 Å². The van der Waals surface area contributed by atoms with Crippen molar-refractivity contribution >= 4 is 6.03 Å². The summed E-state index contributed by atoms with van der Waals surface area (Å²) in [7, 11) is 0. The second kappa shape index (κ2) is 3.90. The van der Waals surface area contributed by atoms with Crippen LogP contribution in [0.15, 0.2) is 10.6 Å². The molecule has 6 heteroatoms. The highest BCUT2D eigenvalue weighted by Crippen LogP contribution is 2.11. The van der Waals surface area contributed by atoms with Crippen LogP contribution in [-0.4, -0.2) is 11.0 Å². The maximum atomic E-state index is 10.8. The van der Waals surface area contributed by atoms with E-state index in [0.29, 0.717) is 11.7 Å². The molecule has 2 amide bonds. The fourth-order valence-corrected chi connectivity index (χ4v) is 0.872. The summed E-state index contributed by atoms with van der Waals surface area (Å²) in [4.78, 5) is 14.7. The molecule has 1 heterocycles. The smallest absolute Gasteiger partial charge is 0.329 e. The fourth-order valence-electron chi connectivity index (χ4n) is 0.872. The Balaban J connectivity index is 2.58. The molecule has 0 saturated heterocycles. The number of carbonyl (C=O) groups is 1. The molecule has 1 unspecified atom stereocenters. The number of carbonyl (C=O) groups excluding carboxylic acids is 1. The van der Waals surface area contributed by atoms with E-state index in [4.69, 9.17) is 10.3 Å². The van der Waals surface area contributed by atoms with Crippen molar-refractivity contribution in [2.24, 2.45) is 5.84 Å². The number of amides is 2. The Morgan fingerprint density at radius 1 is 1.77 bits per heavy atom. The van der Waals surface area contributed by atoms with Gasteiger partial charge in [0.25, 0.3) is 0 Å². The van der Waals surface area contributed by atoms with Crippen LogP contribution in [0.3, 0.4) is 0 Å². The van der Waals surface area contributed by atoms with Crippen LogP contribution >= 0.6 is 0 Å². The zero-order valence-electron chi connectivity index (χ0n) is 7.50. The molecule has 13 heavy (non-hydrogen) atoms. The molecule has 1 rings (SSSR count). The van der Waals surface area contributed by atoms with E-state index in [-0.39, 0.29) is 6.04 Å². The van der Waals surface area contributed by atoms with Crippen LogP contribution in [0.25, 0.3) is 0 Å². The van der Waals surface area contributed by atoms with Gasteiger partial charge in [-0.15, -0.1) is 0 Å². The van der Waals surface area contributed by atoms with Gasteiger partial charge in [0.05, 0.1) is 6.20 Å². The van der Waals surface area contributed by atoms with E-state index in [1.54, 1.807) is 20.0 Å². The Morgan fingerprint density at radius 2 is 2.46 bits per heavy atom. The molecule has 0 aliphatic carbocycles. The predicted octanol–water partition coefficient (Wildman–Crippen LogP) is 0.217. The molecule has 0 radical (unpaired) electrons. The lowest BCUT2D eigenvalue weighted by Gasteiger charge is -2.08. The molecule has 0 aliphatic rings. The number of hydrogen-bond acceptors (Lipinski definition) is 4. The van der Waals surface area contributed by atoms with Crippen molar-refractivity contribution in [3.05, 3.63) is 17.8 Å². The molecular formula is C7H12N4O2. The number of urea groups is 1. The standard InChI is InChI=1S/C7H12N4O2/c1-4-3-9-6(13-4)5(2)10-7(12)11-8/h3,5H,8H2,1-2H3,(H2,10,11,12). The van der Waals surface area contributed by atoms with Gasteiger partial charge in [-0.05, 0) is 13.8 Å². The van der Waals surface area contributed by atoms with E-state index < -0.39 is 6.03 Å². The van der Waals surface area contributed by atoms with Crippen molar-refractivity contribution in [2.75, 3.05) is 0 Å². The van der Waals surface area contributed by atoms with Gasteiger partial charge in [0.2, 0.25) is 5.89 Å². The minimum atomic E-state index is -0.469. The third kappa shape index (κ3) is 2.45. The summed E-state index contributed by atoms with van der Waals surface area (Å²) in [6.45, 7) is 3.53. The molecule has 1 atom stereocenters. The van der Waals surface area contributed by atoms with Crippen LogP contribution in [-0.2, 0) is 0 Å². The molecule has 72 valence electrons. The number of nitrogens with zero attached hydrogens (tertiary/aromatic N) is 1. The molecule has 0 fully saturated rings. The second-order valence-electron chi connectivity index (χ2n) is 2.65. The van der Waals surface area contributed by atoms with Crippen LogP contribution in [0.4, 0.5) is 4.79 Å². The third-order valence-electron chi connectivity index (χ3n) is 1.49. The molecule has 0 bridgehead atoms. The van der Waals surface area contributed by atoms with Crippen molar-refractivity contribution in [1.82, 2.24) is 15.7 Å². The Hall–Kier alpha value is -1.56. The summed E-state index contributed by atoms with van der Waals surface area (Å²) in [5.74, 6) is 6.06. The molecule has 1 aromatic rings. The topological polar surface area (TPSA) is 93.2 Å². The van der Waals surface area contributed by atoms with Crippen LogP contribution < -0.4 is 16.6 Å². The summed E-state index contributed by atoms with van der Waals surface area (Å²) >= 11 is 0. The highest BCUT2D eigenvalue weighted by atomic mass is 16.4. The Morgan fingerprint density at radius 3 is 2.92 bits per heavy atom. The number of hydrazine groups is 1. The minimum absolute atomic E-state index is 0.294. The Kier molecular flexibility index (Phi) is 2.86. The Bertz CT molecular complexity index is 296. The van der Waals surface area contributed by atoms with E-state index in [0.717, 1.165) is 0 Å². The molecule has 0 saturated carbocycles. The largest absolute Gasteiger partial charge is 0.444 e. The number of hydrogen-bond donors (Lipinski definition) is 3. The number of nitrogens with two attached hydrogens (primary N) is 1. The van der Waals surface area contributed by atoms with Gasteiger partial charge in [-0.1, -0.05) is 0 Å². The average Bonchev–Trinajstić information content (AvgIpc) is 2.51. The zero-order valence-corrected chi connectivity index (χ0v) is 7.50. The van der Waals surface area contributed by atoms with E-state index in [1.807, 2.05) is 5.43 Å². The van der Waals surface area contributed by atoms with Crippen molar-refractivity contribution in [3.63, 3.8) is 0 Å². The van der Waals surface area contributed by atoms with Gasteiger partial charge >= 0.3 is 6.03 Å². The van der Waals surface area contributed by atoms with Crippen molar-refractivity contribution in [3.8, 4) is 0 Å². The molecule has 0 aromatic carbocycles. The summed E-state index contributed by atoms with van der Waals surface area (Å²) in [6.07, 6.45) is 1.59. The van der Waals surface area contributed by atoms with Gasteiger partial charge in [-0.2, -0.15) is 0 Å². The van der Waals surface area contributed by atoms with Crippen LogP contribution in [0.1, 0.15) is 24.6 Å². The number of rotatable bonds is 2. The lowest BCUT2D eigenvalue weighted by molar-refractivity contribution is 0.235. The van der Waals surface area contributed by atoms with Crippen LogP contribution in [0.2, 0.25) is 0 Å².